The normalized spacial score (nSPS) is 9.95. The SMILES string of the molecule is N#Cc1ccc(Br)cc1NCc1cccc(CO)c1. The van der Waals surface area contributed by atoms with Crippen LogP contribution in [0.15, 0.2) is 46.9 Å². The molecule has 0 heterocycles. The number of halogens is 1. The number of benzene rings is 2. The second-order valence-electron chi connectivity index (χ2n) is 4.13. The number of anilines is 1. The van der Waals surface area contributed by atoms with Crippen molar-refractivity contribution >= 4 is 21.6 Å². The van der Waals surface area contributed by atoms with E-state index in [9.17, 15) is 0 Å². The summed E-state index contributed by atoms with van der Waals surface area (Å²) >= 11 is 3.39. The van der Waals surface area contributed by atoms with E-state index in [1.54, 1.807) is 6.07 Å². The second kappa shape index (κ2) is 6.37. The van der Waals surface area contributed by atoms with Crippen LogP contribution in [-0.2, 0) is 13.2 Å². The van der Waals surface area contributed by atoms with Crippen LogP contribution in [0.1, 0.15) is 16.7 Å². The van der Waals surface area contributed by atoms with Crippen LogP contribution in [0.25, 0.3) is 0 Å². The summed E-state index contributed by atoms with van der Waals surface area (Å²) in [4.78, 5) is 0. The zero-order valence-electron chi connectivity index (χ0n) is 10.2. The molecule has 2 aromatic carbocycles. The molecule has 2 rings (SSSR count). The lowest BCUT2D eigenvalue weighted by Gasteiger charge is -2.09. The molecule has 0 aliphatic carbocycles. The van der Waals surface area contributed by atoms with Crippen LogP contribution in [-0.4, -0.2) is 5.11 Å². The third kappa shape index (κ3) is 3.57. The van der Waals surface area contributed by atoms with Gasteiger partial charge in [0.05, 0.1) is 17.9 Å². The number of nitriles is 1. The Balaban J connectivity index is 2.14. The summed E-state index contributed by atoms with van der Waals surface area (Å²) in [6, 6.07) is 15.4. The van der Waals surface area contributed by atoms with E-state index in [1.807, 2.05) is 36.4 Å². The van der Waals surface area contributed by atoms with E-state index >= 15 is 0 Å². The number of hydrogen-bond acceptors (Lipinski definition) is 3. The topological polar surface area (TPSA) is 56.0 Å². The van der Waals surface area contributed by atoms with Crippen molar-refractivity contribution < 1.29 is 5.11 Å². The Morgan fingerprint density at radius 3 is 2.68 bits per heavy atom. The first-order chi connectivity index (χ1) is 9.22. The molecule has 2 aromatic rings. The zero-order chi connectivity index (χ0) is 13.7. The van der Waals surface area contributed by atoms with E-state index in [1.165, 1.54) is 0 Å². The van der Waals surface area contributed by atoms with Crippen LogP contribution in [0.4, 0.5) is 5.69 Å². The molecule has 19 heavy (non-hydrogen) atoms. The molecule has 0 bridgehead atoms. The lowest BCUT2D eigenvalue weighted by molar-refractivity contribution is 0.281. The lowest BCUT2D eigenvalue weighted by atomic mass is 10.1. The third-order valence-electron chi connectivity index (χ3n) is 2.76. The molecule has 0 radical (unpaired) electrons. The molecule has 2 N–H and O–H groups in total. The first-order valence-electron chi connectivity index (χ1n) is 5.85. The fourth-order valence-electron chi connectivity index (χ4n) is 1.80. The minimum atomic E-state index is 0.0359. The maximum absolute atomic E-state index is 9.10. The molecule has 0 aliphatic heterocycles. The fourth-order valence-corrected chi connectivity index (χ4v) is 2.16. The minimum absolute atomic E-state index is 0.0359. The van der Waals surface area contributed by atoms with Crippen LogP contribution in [0.5, 0.6) is 0 Å². The summed E-state index contributed by atoms with van der Waals surface area (Å²) in [6.45, 7) is 0.646. The molecule has 0 spiro atoms. The first kappa shape index (κ1) is 13.6. The molecule has 0 unspecified atom stereocenters. The standard InChI is InChI=1S/C15H13BrN2O/c16-14-5-4-13(8-17)15(7-14)18-9-11-2-1-3-12(6-11)10-19/h1-7,18-19H,9-10H2. The predicted molar refractivity (Wildman–Crippen MR) is 78.5 cm³/mol. The molecular formula is C15H13BrN2O. The number of aliphatic hydroxyl groups excluding tert-OH is 1. The van der Waals surface area contributed by atoms with E-state index in [0.717, 1.165) is 21.3 Å². The fraction of sp³-hybridized carbons (Fsp3) is 0.133. The van der Waals surface area contributed by atoms with Crippen LogP contribution in [0.2, 0.25) is 0 Å². The van der Waals surface area contributed by atoms with Crippen LogP contribution in [0, 0.1) is 11.3 Å². The average Bonchev–Trinajstić information content (AvgIpc) is 2.45. The van der Waals surface area contributed by atoms with Crippen molar-refractivity contribution in [2.24, 2.45) is 0 Å². The minimum Gasteiger partial charge on any atom is -0.392 e. The Morgan fingerprint density at radius 2 is 1.95 bits per heavy atom. The van der Waals surface area contributed by atoms with E-state index < -0.39 is 0 Å². The Bertz CT molecular complexity index is 620. The van der Waals surface area contributed by atoms with Gasteiger partial charge in [-0.05, 0) is 29.3 Å². The van der Waals surface area contributed by atoms with Gasteiger partial charge in [0.1, 0.15) is 6.07 Å². The van der Waals surface area contributed by atoms with Gasteiger partial charge in [-0.25, -0.2) is 0 Å². The zero-order valence-corrected chi connectivity index (χ0v) is 11.8. The van der Waals surface area contributed by atoms with Gasteiger partial charge in [-0.1, -0.05) is 40.2 Å². The molecule has 0 aromatic heterocycles. The Hall–Kier alpha value is -1.83. The molecule has 0 atom stereocenters. The van der Waals surface area contributed by atoms with Gasteiger partial charge < -0.3 is 10.4 Å². The van der Waals surface area contributed by atoms with E-state index in [-0.39, 0.29) is 6.61 Å². The molecule has 0 aliphatic rings. The second-order valence-corrected chi connectivity index (χ2v) is 5.05. The Morgan fingerprint density at radius 1 is 1.16 bits per heavy atom. The quantitative estimate of drug-likeness (QED) is 0.908. The highest BCUT2D eigenvalue weighted by Crippen LogP contribution is 2.21. The molecule has 96 valence electrons. The molecule has 0 fully saturated rings. The van der Waals surface area contributed by atoms with Crippen LogP contribution >= 0.6 is 15.9 Å². The van der Waals surface area contributed by atoms with Crippen molar-refractivity contribution in [2.75, 3.05) is 5.32 Å². The van der Waals surface area contributed by atoms with E-state index in [4.69, 9.17) is 10.4 Å². The van der Waals surface area contributed by atoms with Crippen LogP contribution in [0.3, 0.4) is 0 Å². The van der Waals surface area contributed by atoms with Crippen molar-refractivity contribution in [2.45, 2.75) is 13.2 Å². The van der Waals surface area contributed by atoms with Gasteiger partial charge in [-0.2, -0.15) is 5.26 Å². The van der Waals surface area contributed by atoms with Gasteiger partial charge in [-0.3, -0.25) is 0 Å². The maximum Gasteiger partial charge on any atom is 0.101 e. The van der Waals surface area contributed by atoms with Gasteiger partial charge >= 0.3 is 0 Å². The van der Waals surface area contributed by atoms with Crippen molar-refractivity contribution in [3.8, 4) is 6.07 Å². The summed E-state index contributed by atoms with van der Waals surface area (Å²) in [5.74, 6) is 0. The lowest BCUT2D eigenvalue weighted by Crippen LogP contribution is -2.02. The van der Waals surface area contributed by atoms with Crippen LogP contribution < -0.4 is 5.32 Å². The van der Waals surface area contributed by atoms with Gasteiger partial charge in [-0.15, -0.1) is 0 Å². The molecular weight excluding hydrogens is 304 g/mol. The molecule has 0 saturated heterocycles. The number of nitrogens with one attached hydrogen (secondary N) is 1. The Labute approximate surface area is 120 Å². The maximum atomic E-state index is 9.10. The highest BCUT2D eigenvalue weighted by atomic mass is 79.9. The molecule has 4 heteroatoms. The first-order valence-corrected chi connectivity index (χ1v) is 6.64. The number of aliphatic hydroxyl groups is 1. The smallest absolute Gasteiger partial charge is 0.101 e. The largest absolute Gasteiger partial charge is 0.392 e. The van der Waals surface area contributed by atoms with E-state index in [0.29, 0.717) is 12.1 Å². The summed E-state index contributed by atoms with van der Waals surface area (Å²) in [5.41, 5.74) is 3.36. The van der Waals surface area contributed by atoms with Gasteiger partial charge in [0, 0.05) is 11.0 Å². The molecule has 0 amide bonds. The third-order valence-corrected chi connectivity index (χ3v) is 3.25. The highest BCUT2D eigenvalue weighted by Gasteiger charge is 2.03. The van der Waals surface area contributed by atoms with Crippen molar-refractivity contribution in [3.63, 3.8) is 0 Å². The average molecular weight is 317 g/mol. The predicted octanol–water partition coefficient (Wildman–Crippen LogP) is 3.43. The van der Waals surface area contributed by atoms with E-state index in [2.05, 4.69) is 27.3 Å². The van der Waals surface area contributed by atoms with Crippen molar-refractivity contribution in [3.05, 3.63) is 63.6 Å². The van der Waals surface area contributed by atoms with Gasteiger partial charge in [0.25, 0.3) is 0 Å². The van der Waals surface area contributed by atoms with Gasteiger partial charge in [0.2, 0.25) is 0 Å². The summed E-state index contributed by atoms with van der Waals surface area (Å²) in [5, 5.41) is 21.4. The monoisotopic (exact) mass is 316 g/mol. The van der Waals surface area contributed by atoms with Crippen molar-refractivity contribution in [1.82, 2.24) is 0 Å². The molecule has 0 saturated carbocycles. The van der Waals surface area contributed by atoms with Gasteiger partial charge in [0.15, 0.2) is 0 Å². The summed E-state index contributed by atoms with van der Waals surface area (Å²) in [6.07, 6.45) is 0. The number of nitrogens with zero attached hydrogens (tertiary/aromatic N) is 1. The number of hydrogen-bond donors (Lipinski definition) is 2. The summed E-state index contributed by atoms with van der Waals surface area (Å²) < 4.78 is 0.929. The Kier molecular flexibility index (Phi) is 4.56. The molecule has 3 nitrogen and oxygen atoms in total. The number of rotatable bonds is 4. The van der Waals surface area contributed by atoms with Crippen molar-refractivity contribution in [1.29, 1.82) is 5.26 Å². The summed E-state index contributed by atoms with van der Waals surface area (Å²) in [7, 11) is 0. The highest BCUT2D eigenvalue weighted by molar-refractivity contribution is 9.10.